The minimum Gasteiger partial charge on any atom is -0.444 e. The van der Waals surface area contributed by atoms with Crippen molar-refractivity contribution in [3.63, 3.8) is 0 Å². The van der Waals surface area contributed by atoms with Crippen LogP contribution in [0.25, 0.3) is 0 Å². The first-order chi connectivity index (χ1) is 9.35. The molecule has 1 N–H and O–H groups in total. The fraction of sp³-hybridized carbons (Fsp3) is 0.875. The number of nitrogens with one attached hydrogen (secondary N) is 1. The van der Waals surface area contributed by atoms with Crippen molar-refractivity contribution in [1.29, 1.82) is 0 Å². The summed E-state index contributed by atoms with van der Waals surface area (Å²) in [7, 11) is 0. The van der Waals surface area contributed by atoms with Gasteiger partial charge in [-0.15, -0.1) is 0 Å². The van der Waals surface area contributed by atoms with Gasteiger partial charge in [0, 0.05) is 0 Å². The summed E-state index contributed by atoms with van der Waals surface area (Å²) in [5.74, 6) is 0.297. The molecular formula is C16H29NO3. The van der Waals surface area contributed by atoms with E-state index in [4.69, 9.17) is 4.74 Å². The van der Waals surface area contributed by atoms with Gasteiger partial charge >= 0.3 is 6.09 Å². The Kier molecular flexibility index (Phi) is 6.50. The molecular weight excluding hydrogens is 254 g/mol. The molecule has 0 saturated heterocycles. The highest BCUT2D eigenvalue weighted by molar-refractivity contribution is 5.85. The van der Waals surface area contributed by atoms with Crippen molar-refractivity contribution in [2.75, 3.05) is 0 Å². The first-order valence-electron chi connectivity index (χ1n) is 7.85. The lowest BCUT2D eigenvalue weighted by Crippen LogP contribution is -2.47. The van der Waals surface area contributed by atoms with Crippen molar-refractivity contribution in [3.05, 3.63) is 0 Å². The smallest absolute Gasteiger partial charge is 0.408 e. The number of Topliss-reactive ketones (excluding diaryl/α,β-unsaturated/α-hetero) is 1. The van der Waals surface area contributed by atoms with Crippen molar-refractivity contribution < 1.29 is 14.3 Å². The maximum absolute atomic E-state index is 12.0. The van der Waals surface area contributed by atoms with Gasteiger partial charge in [-0.05, 0) is 46.0 Å². The van der Waals surface area contributed by atoms with Crippen LogP contribution in [0.4, 0.5) is 4.79 Å². The molecule has 1 unspecified atom stereocenters. The zero-order valence-corrected chi connectivity index (χ0v) is 13.3. The second-order valence-corrected chi connectivity index (χ2v) is 6.53. The summed E-state index contributed by atoms with van der Waals surface area (Å²) in [6, 6.07) is -0.389. The predicted octanol–water partition coefficient (Wildman–Crippen LogP) is 3.83. The molecule has 0 spiro atoms. The average molecular weight is 283 g/mol. The van der Waals surface area contributed by atoms with Crippen LogP contribution < -0.4 is 5.32 Å². The van der Waals surface area contributed by atoms with Gasteiger partial charge in [0.05, 0.1) is 6.04 Å². The minimum absolute atomic E-state index is 0.0298. The molecule has 0 aromatic rings. The molecule has 1 fully saturated rings. The van der Waals surface area contributed by atoms with Crippen molar-refractivity contribution in [3.8, 4) is 0 Å². The largest absolute Gasteiger partial charge is 0.444 e. The summed E-state index contributed by atoms with van der Waals surface area (Å²) >= 11 is 0. The molecule has 1 aliphatic rings. The zero-order chi connectivity index (χ0) is 15.2. The lowest BCUT2D eigenvalue weighted by Gasteiger charge is -2.31. The Bertz CT molecular complexity index is 333. The van der Waals surface area contributed by atoms with Crippen molar-refractivity contribution in [2.45, 2.75) is 84.3 Å². The number of hydrogen-bond acceptors (Lipinski definition) is 3. The molecule has 4 nitrogen and oxygen atoms in total. The lowest BCUT2D eigenvalue weighted by molar-refractivity contribution is -0.120. The summed E-state index contributed by atoms with van der Waals surface area (Å²) in [5, 5.41) is 2.79. The summed E-state index contributed by atoms with van der Waals surface area (Å²) < 4.78 is 5.45. The monoisotopic (exact) mass is 283 g/mol. The predicted molar refractivity (Wildman–Crippen MR) is 79.6 cm³/mol. The highest BCUT2D eigenvalue weighted by Crippen LogP contribution is 2.27. The number of hydrogen-bond donors (Lipinski definition) is 1. The van der Waals surface area contributed by atoms with E-state index < -0.39 is 11.7 Å². The van der Waals surface area contributed by atoms with Gasteiger partial charge in [-0.2, -0.15) is 0 Å². The van der Waals surface area contributed by atoms with Gasteiger partial charge in [0.1, 0.15) is 5.60 Å². The van der Waals surface area contributed by atoms with Gasteiger partial charge in [0.2, 0.25) is 0 Å². The fourth-order valence-corrected chi connectivity index (χ4v) is 3.08. The number of rotatable bonds is 6. The summed E-state index contributed by atoms with van der Waals surface area (Å²) in [5.41, 5.74) is -0.479. The summed E-state index contributed by atoms with van der Waals surface area (Å²) in [4.78, 5) is 23.8. The van der Waals surface area contributed by atoms with Gasteiger partial charge in [-0.3, -0.25) is 4.79 Å². The SMILES string of the molecule is CCCC(C)(C)OC(=O)NC(C(C)=O)C1CCCCC1. The van der Waals surface area contributed by atoms with Crippen LogP contribution in [0.15, 0.2) is 0 Å². The van der Waals surface area contributed by atoms with Crippen LogP contribution in [-0.2, 0) is 9.53 Å². The second-order valence-electron chi connectivity index (χ2n) is 6.53. The van der Waals surface area contributed by atoms with Crippen molar-refractivity contribution in [1.82, 2.24) is 5.32 Å². The van der Waals surface area contributed by atoms with Crippen LogP contribution in [-0.4, -0.2) is 23.5 Å². The van der Waals surface area contributed by atoms with E-state index in [-0.39, 0.29) is 17.7 Å². The maximum atomic E-state index is 12.0. The molecule has 0 heterocycles. The molecule has 1 amide bonds. The molecule has 1 saturated carbocycles. The molecule has 1 atom stereocenters. The highest BCUT2D eigenvalue weighted by Gasteiger charge is 2.30. The van der Waals surface area contributed by atoms with Gasteiger partial charge < -0.3 is 10.1 Å². The quantitative estimate of drug-likeness (QED) is 0.806. The van der Waals surface area contributed by atoms with Crippen LogP contribution >= 0.6 is 0 Å². The zero-order valence-electron chi connectivity index (χ0n) is 13.3. The van der Waals surface area contributed by atoms with E-state index in [0.717, 1.165) is 38.5 Å². The molecule has 0 aliphatic heterocycles. The van der Waals surface area contributed by atoms with Gasteiger partial charge in [0.15, 0.2) is 5.78 Å². The van der Waals surface area contributed by atoms with Crippen LogP contribution in [0, 0.1) is 5.92 Å². The van der Waals surface area contributed by atoms with Crippen molar-refractivity contribution in [2.24, 2.45) is 5.92 Å². The lowest BCUT2D eigenvalue weighted by atomic mass is 9.82. The Morgan fingerprint density at radius 2 is 1.85 bits per heavy atom. The molecule has 20 heavy (non-hydrogen) atoms. The molecule has 116 valence electrons. The van der Waals surface area contributed by atoms with Gasteiger partial charge in [-0.25, -0.2) is 4.79 Å². The third-order valence-corrected chi connectivity index (χ3v) is 4.05. The summed E-state index contributed by atoms with van der Waals surface area (Å²) in [6.45, 7) is 7.42. The maximum Gasteiger partial charge on any atom is 0.408 e. The van der Waals surface area contributed by atoms with Crippen molar-refractivity contribution >= 4 is 11.9 Å². The van der Waals surface area contributed by atoms with E-state index in [9.17, 15) is 9.59 Å². The second kappa shape index (κ2) is 7.65. The molecule has 0 bridgehead atoms. The Morgan fingerprint density at radius 1 is 1.25 bits per heavy atom. The van der Waals surface area contributed by atoms with E-state index in [1.807, 2.05) is 13.8 Å². The van der Waals surface area contributed by atoms with E-state index in [1.54, 1.807) is 6.92 Å². The molecule has 4 heteroatoms. The topological polar surface area (TPSA) is 55.4 Å². The first kappa shape index (κ1) is 17.0. The Hall–Kier alpha value is -1.06. The van der Waals surface area contributed by atoms with Crippen LogP contribution in [0.1, 0.15) is 72.6 Å². The Balaban J connectivity index is 2.56. The number of carbonyl (C=O) groups excluding carboxylic acids is 2. The van der Waals surface area contributed by atoms with E-state index in [2.05, 4.69) is 12.2 Å². The van der Waals surface area contributed by atoms with E-state index in [1.165, 1.54) is 6.42 Å². The Morgan fingerprint density at radius 3 is 2.35 bits per heavy atom. The fourth-order valence-electron chi connectivity index (χ4n) is 3.08. The van der Waals surface area contributed by atoms with Crippen LogP contribution in [0.3, 0.4) is 0 Å². The number of ether oxygens (including phenoxy) is 1. The third-order valence-electron chi connectivity index (χ3n) is 4.05. The Labute approximate surface area is 122 Å². The minimum atomic E-state index is -0.479. The first-order valence-corrected chi connectivity index (χ1v) is 7.85. The van der Waals surface area contributed by atoms with E-state index >= 15 is 0 Å². The molecule has 1 rings (SSSR count). The number of amides is 1. The normalized spacial score (nSPS) is 18.4. The highest BCUT2D eigenvalue weighted by atomic mass is 16.6. The van der Waals surface area contributed by atoms with Gasteiger partial charge in [-0.1, -0.05) is 32.6 Å². The standard InChI is InChI=1S/C16H29NO3/c1-5-11-16(3,4)20-15(19)17-14(12(2)18)13-9-7-6-8-10-13/h13-14H,5-11H2,1-4H3,(H,17,19). The van der Waals surface area contributed by atoms with E-state index in [0.29, 0.717) is 0 Å². The molecule has 0 radical (unpaired) electrons. The average Bonchev–Trinajstić information content (AvgIpc) is 2.36. The van der Waals surface area contributed by atoms with Gasteiger partial charge in [0.25, 0.3) is 0 Å². The number of ketones is 1. The molecule has 1 aliphatic carbocycles. The van der Waals surface area contributed by atoms with Crippen LogP contribution in [0.2, 0.25) is 0 Å². The van der Waals surface area contributed by atoms with Crippen LogP contribution in [0.5, 0.6) is 0 Å². The number of carbonyl (C=O) groups is 2. The third kappa shape index (κ3) is 5.51. The molecule has 0 aromatic carbocycles. The molecule has 0 aromatic heterocycles. The number of alkyl carbamates (subject to hydrolysis) is 1. The summed E-state index contributed by atoms with van der Waals surface area (Å²) in [6.07, 6.45) is 6.86.